The second-order valence-electron chi connectivity index (χ2n) is 6.24. The first-order chi connectivity index (χ1) is 13.5. The summed E-state index contributed by atoms with van der Waals surface area (Å²) in [5.74, 6) is -0.370. The Labute approximate surface area is 163 Å². The highest BCUT2D eigenvalue weighted by atomic mass is 16.5. The zero-order chi connectivity index (χ0) is 20.1. The maximum absolute atomic E-state index is 12.2. The van der Waals surface area contributed by atoms with E-state index in [1.165, 1.54) is 0 Å². The van der Waals surface area contributed by atoms with Gasteiger partial charge in [0, 0.05) is 17.6 Å². The fourth-order valence-electron chi connectivity index (χ4n) is 2.95. The smallest absolute Gasteiger partial charge is 0.338 e. The SMILES string of the molecule is CCOC(=O)C1=Cc2cc(-c3ccc(C(=O)OCC)cc3)ccc2N=C(N)C1. The molecule has 3 rings (SSSR count). The minimum Gasteiger partial charge on any atom is -0.463 e. The third kappa shape index (κ3) is 4.28. The molecule has 0 amide bonds. The number of amidine groups is 1. The minimum atomic E-state index is -0.391. The van der Waals surface area contributed by atoms with Crippen molar-refractivity contribution in [3.05, 3.63) is 59.2 Å². The lowest BCUT2D eigenvalue weighted by atomic mass is 9.99. The van der Waals surface area contributed by atoms with Crippen LogP contribution < -0.4 is 5.73 Å². The van der Waals surface area contributed by atoms with Gasteiger partial charge in [-0.05, 0) is 55.3 Å². The molecule has 1 aliphatic rings. The lowest BCUT2D eigenvalue weighted by Crippen LogP contribution is -2.16. The number of carbonyl (C=O) groups excluding carboxylic acids is 2. The number of rotatable bonds is 5. The van der Waals surface area contributed by atoms with E-state index >= 15 is 0 Å². The fourth-order valence-corrected chi connectivity index (χ4v) is 2.95. The molecule has 2 aromatic rings. The average Bonchev–Trinajstić information content (AvgIpc) is 2.86. The van der Waals surface area contributed by atoms with Crippen LogP contribution in [0.5, 0.6) is 0 Å². The van der Waals surface area contributed by atoms with Gasteiger partial charge in [0.05, 0.1) is 24.5 Å². The summed E-state index contributed by atoms with van der Waals surface area (Å²) in [5, 5.41) is 0. The van der Waals surface area contributed by atoms with Crippen LogP contribution in [-0.4, -0.2) is 31.0 Å². The van der Waals surface area contributed by atoms with Crippen molar-refractivity contribution < 1.29 is 19.1 Å². The van der Waals surface area contributed by atoms with Gasteiger partial charge in [-0.25, -0.2) is 14.6 Å². The summed E-state index contributed by atoms with van der Waals surface area (Å²) >= 11 is 0. The highest BCUT2D eigenvalue weighted by molar-refractivity contribution is 6.03. The molecule has 0 fully saturated rings. The first-order valence-corrected chi connectivity index (χ1v) is 9.14. The maximum atomic E-state index is 12.2. The summed E-state index contributed by atoms with van der Waals surface area (Å²) in [6.45, 7) is 4.17. The number of benzene rings is 2. The standard InChI is InChI=1S/C22H22N2O4/c1-3-27-21(25)15-7-5-14(6-8-15)16-9-10-19-17(11-16)12-18(13-20(23)24-19)22(26)28-4-2/h5-12H,3-4,13H2,1-2H3,(H2,23,24). The zero-order valence-corrected chi connectivity index (χ0v) is 15.9. The molecule has 0 bridgehead atoms. The van der Waals surface area contributed by atoms with Crippen molar-refractivity contribution in [2.45, 2.75) is 20.3 Å². The molecule has 0 saturated carbocycles. The van der Waals surface area contributed by atoms with E-state index < -0.39 is 5.97 Å². The van der Waals surface area contributed by atoms with Gasteiger partial charge in [0.15, 0.2) is 0 Å². The molecular weight excluding hydrogens is 356 g/mol. The molecule has 0 radical (unpaired) electrons. The van der Waals surface area contributed by atoms with E-state index in [2.05, 4.69) is 4.99 Å². The summed E-state index contributed by atoms with van der Waals surface area (Å²) in [4.78, 5) is 28.4. The Hall–Kier alpha value is -3.41. The predicted molar refractivity (Wildman–Crippen MR) is 108 cm³/mol. The number of nitrogens with zero attached hydrogens (tertiary/aromatic N) is 1. The zero-order valence-electron chi connectivity index (χ0n) is 15.9. The molecule has 0 saturated heterocycles. The van der Waals surface area contributed by atoms with Crippen molar-refractivity contribution in [3.8, 4) is 11.1 Å². The van der Waals surface area contributed by atoms with Crippen molar-refractivity contribution in [3.63, 3.8) is 0 Å². The largest absolute Gasteiger partial charge is 0.463 e. The highest BCUT2D eigenvalue weighted by Gasteiger charge is 2.17. The Morgan fingerprint density at radius 1 is 0.964 bits per heavy atom. The lowest BCUT2D eigenvalue weighted by molar-refractivity contribution is -0.138. The molecule has 6 heteroatoms. The number of fused-ring (bicyclic) bond motifs is 1. The number of carbonyl (C=O) groups is 2. The third-order valence-electron chi connectivity index (χ3n) is 4.26. The number of aliphatic imine (C=N–C) groups is 1. The van der Waals surface area contributed by atoms with E-state index in [0.717, 1.165) is 16.7 Å². The molecule has 0 atom stereocenters. The van der Waals surface area contributed by atoms with Gasteiger partial charge in [-0.2, -0.15) is 0 Å². The first kappa shape index (κ1) is 19.4. The van der Waals surface area contributed by atoms with E-state index in [-0.39, 0.29) is 12.4 Å². The number of ether oxygens (including phenoxy) is 2. The van der Waals surface area contributed by atoms with Crippen LogP contribution in [0.3, 0.4) is 0 Å². The normalized spacial score (nSPS) is 12.9. The molecular formula is C22H22N2O4. The molecule has 28 heavy (non-hydrogen) atoms. The van der Waals surface area contributed by atoms with E-state index in [9.17, 15) is 9.59 Å². The minimum absolute atomic E-state index is 0.247. The van der Waals surface area contributed by atoms with Crippen LogP contribution in [0.2, 0.25) is 0 Å². The maximum Gasteiger partial charge on any atom is 0.338 e. The van der Waals surface area contributed by atoms with Gasteiger partial charge in [0.1, 0.15) is 5.84 Å². The molecule has 0 aliphatic carbocycles. The molecule has 2 N–H and O–H groups in total. The predicted octanol–water partition coefficient (Wildman–Crippen LogP) is 3.87. The Kier molecular flexibility index (Phi) is 5.89. The van der Waals surface area contributed by atoms with Crippen molar-refractivity contribution in [1.82, 2.24) is 0 Å². The van der Waals surface area contributed by atoms with Gasteiger partial charge in [0.2, 0.25) is 0 Å². The van der Waals surface area contributed by atoms with Crippen molar-refractivity contribution in [1.29, 1.82) is 0 Å². The summed E-state index contributed by atoms with van der Waals surface area (Å²) in [6, 6.07) is 12.9. The van der Waals surface area contributed by atoms with Gasteiger partial charge in [-0.15, -0.1) is 0 Å². The summed E-state index contributed by atoms with van der Waals surface area (Å²) in [6.07, 6.45) is 2.02. The van der Waals surface area contributed by atoms with Gasteiger partial charge in [-0.1, -0.05) is 18.2 Å². The Morgan fingerprint density at radius 3 is 2.29 bits per heavy atom. The number of esters is 2. The highest BCUT2D eigenvalue weighted by Crippen LogP contribution is 2.31. The van der Waals surface area contributed by atoms with Gasteiger partial charge in [-0.3, -0.25) is 0 Å². The first-order valence-electron chi connectivity index (χ1n) is 9.14. The monoisotopic (exact) mass is 378 g/mol. The van der Waals surface area contributed by atoms with Crippen molar-refractivity contribution in [2.75, 3.05) is 13.2 Å². The van der Waals surface area contributed by atoms with E-state index in [0.29, 0.717) is 35.9 Å². The van der Waals surface area contributed by atoms with Gasteiger partial charge < -0.3 is 15.2 Å². The summed E-state index contributed by atoms with van der Waals surface area (Å²) in [7, 11) is 0. The second-order valence-corrected chi connectivity index (χ2v) is 6.24. The molecule has 0 unspecified atom stereocenters. The second kappa shape index (κ2) is 8.52. The van der Waals surface area contributed by atoms with Crippen LogP contribution in [0, 0.1) is 0 Å². The van der Waals surface area contributed by atoms with E-state index in [1.54, 1.807) is 32.1 Å². The molecule has 0 aromatic heterocycles. The summed E-state index contributed by atoms with van der Waals surface area (Å²) < 4.78 is 10.1. The number of hydrogen-bond donors (Lipinski definition) is 1. The van der Waals surface area contributed by atoms with Crippen LogP contribution in [0.4, 0.5) is 5.69 Å². The van der Waals surface area contributed by atoms with Crippen LogP contribution in [0.25, 0.3) is 17.2 Å². The average molecular weight is 378 g/mol. The number of hydrogen-bond acceptors (Lipinski definition) is 6. The quantitative estimate of drug-likeness (QED) is 0.798. The Bertz CT molecular complexity index is 959. The van der Waals surface area contributed by atoms with Gasteiger partial charge >= 0.3 is 11.9 Å². The van der Waals surface area contributed by atoms with Crippen LogP contribution in [0.1, 0.15) is 36.2 Å². The van der Waals surface area contributed by atoms with E-state index in [1.807, 2.05) is 30.3 Å². The van der Waals surface area contributed by atoms with Crippen molar-refractivity contribution in [2.24, 2.45) is 10.7 Å². The Balaban J connectivity index is 1.95. The van der Waals surface area contributed by atoms with Crippen LogP contribution in [-0.2, 0) is 14.3 Å². The topological polar surface area (TPSA) is 91.0 Å². The molecule has 6 nitrogen and oxygen atoms in total. The molecule has 144 valence electrons. The summed E-state index contributed by atoms with van der Waals surface area (Å²) in [5.41, 5.74) is 10.3. The number of nitrogens with two attached hydrogens (primary N) is 1. The van der Waals surface area contributed by atoms with Crippen molar-refractivity contribution >= 4 is 29.5 Å². The lowest BCUT2D eigenvalue weighted by Gasteiger charge is -2.08. The third-order valence-corrected chi connectivity index (χ3v) is 4.26. The fraction of sp³-hybridized carbons (Fsp3) is 0.227. The van der Waals surface area contributed by atoms with E-state index in [4.69, 9.17) is 15.2 Å². The van der Waals surface area contributed by atoms with Crippen LogP contribution >= 0.6 is 0 Å². The molecule has 0 spiro atoms. The molecule has 1 aliphatic heterocycles. The van der Waals surface area contributed by atoms with Crippen LogP contribution in [0.15, 0.2) is 53.0 Å². The molecule has 1 heterocycles. The van der Waals surface area contributed by atoms with Gasteiger partial charge in [0.25, 0.3) is 0 Å². The Morgan fingerprint density at radius 2 is 1.61 bits per heavy atom. The molecule has 2 aromatic carbocycles.